The van der Waals surface area contributed by atoms with Gasteiger partial charge < -0.3 is 11.1 Å². The smallest absolute Gasteiger partial charge is 0.239 e. The second-order valence-corrected chi connectivity index (χ2v) is 4.25. The van der Waals surface area contributed by atoms with Crippen LogP contribution in [-0.2, 0) is 4.79 Å². The standard InChI is InChI=1S/C12H12N6O/c1-7(11(13)19)15-12-16-9-5-3-2-4-8(9)10-6-14-17-18(10)12/h2-7H,1H3,(H2,13,19)(H,15,16)/t7-/m0/s1. The molecule has 0 saturated heterocycles. The molecular formula is C12H12N6O. The van der Waals surface area contributed by atoms with Crippen LogP contribution in [0.1, 0.15) is 6.92 Å². The quantitative estimate of drug-likeness (QED) is 0.713. The molecule has 0 radical (unpaired) electrons. The molecule has 0 unspecified atom stereocenters. The molecule has 2 aromatic heterocycles. The summed E-state index contributed by atoms with van der Waals surface area (Å²) in [5.41, 5.74) is 6.87. The first-order valence-electron chi connectivity index (χ1n) is 5.82. The summed E-state index contributed by atoms with van der Waals surface area (Å²) in [6.07, 6.45) is 1.66. The topological polar surface area (TPSA) is 98.2 Å². The number of nitrogens with two attached hydrogens (primary N) is 1. The summed E-state index contributed by atoms with van der Waals surface area (Å²) >= 11 is 0. The Balaban J connectivity index is 2.22. The molecule has 0 aliphatic carbocycles. The predicted molar refractivity (Wildman–Crippen MR) is 70.6 cm³/mol. The van der Waals surface area contributed by atoms with Gasteiger partial charge in [-0.3, -0.25) is 4.79 Å². The van der Waals surface area contributed by atoms with Crippen LogP contribution in [0.3, 0.4) is 0 Å². The number of aromatic nitrogens is 4. The summed E-state index contributed by atoms with van der Waals surface area (Å²) < 4.78 is 1.56. The molecule has 0 fully saturated rings. The summed E-state index contributed by atoms with van der Waals surface area (Å²) in [6, 6.07) is 7.12. The third kappa shape index (κ3) is 1.85. The highest BCUT2D eigenvalue weighted by Crippen LogP contribution is 2.20. The van der Waals surface area contributed by atoms with Crippen molar-refractivity contribution < 1.29 is 4.79 Å². The average Bonchev–Trinajstić information content (AvgIpc) is 2.88. The highest BCUT2D eigenvalue weighted by atomic mass is 16.1. The minimum absolute atomic E-state index is 0.442. The van der Waals surface area contributed by atoms with Crippen LogP contribution in [-0.4, -0.2) is 31.8 Å². The maximum Gasteiger partial charge on any atom is 0.239 e. The zero-order valence-electron chi connectivity index (χ0n) is 10.2. The number of nitrogens with one attached hydrogen (secondary N) is 1. The van der Waals surface area contributed by atoms with Gasteiger partial charge in [0.25, 0.3) is 0 Å². The van der Waals surface area contributed by atoms with E-state index in [-0.39, 0.29) is 0 Å². The van der Waals surface area contributed by atoms with Gasteiger partial charge in [0.2, 0.25) is 11.9 Å². The van der Waals surface area contributed by atoms with Gasteiger partial charge in [0.05, 0.1) is 17.2 Å². The number of carbonyl (C=O) groups excluding carboxylic acids is 1. The maximum atomic E-state index is 11.1. The fraction of sp³-hybridized carbons (Fsp3) is 0.167. The van der Waals surface area contributed by atoms with Crippen molar-refractivity contribution in [3.63, 3.8) is 0 Å². The Hall–Kier alpha value is -2.70. The van der Waals surface area contributed by atoms with E-state index >= 15 is 0 Å². The Morgan fingerprint density at radius 3 is 3.00 bits per heavy atom. The highest BCUT2D eigenvalue weighted by molar-refractivity contribution is 5.94. The predicted octanol–water partition coefficient (Wildman–Crippen LogP) is 0.563. The lowest BCUT2D eigenvalue weighted by Gasteiger charge is -2.12. The molecule has 0 aliphatic heterocycles. The molecule has 1 atom stereocenters. The average molecular weight is 256 g/mol. The minimum Gasteiger partial charge on any atom is -0.368 e. The molecule has 0 aliphatic rings. The molecule has 2 heterocycles. The summed E-state index contributed by atoms with van der Waals surface area (Å²) in [7, 11) is 0. The molecule has 0 spiro atoms. The lowest BCUT2D eigenvalue weighted by molar-refractivity contribution is -0.118. The Morgan fingerprint density at radius 1 is 1.42 bits per heavy atom. The zero-order chi connectivity index (χ0) is 13.4. The number of hydrogen-bond acceptors (Lipinski definition) is 5. The highest BCUT2D eigenvalue weighted by Gasteiger charge is 2.14. The largest absolute Gasteiger partial charge is 0.368 e. The van der Waals surface area contributed by atoms with Crippen LogP contribution >= 0.6 is 0 Å². The number of nitrogens with zero attached hydrogens (tertiary/aromatic N) is 4. The first kappa shape index (κ1) is 11.4. The van der Waals surface area contributed by atoms with Crippen molar-refractivity contribution in [2.75, 3.05) is 5.32 Å². The van der Waals surface area contributed by atoms with Crippen molar-refractivity contribution in [1.29, 1.82) is 0 Å². The number of carbonyl (C=O) groups is 1. The van der Waals surface area contributed by atoms with Crippen LogP contribution in [0.15, 0.2) is 30.5 Å². The number of hydrogen-bond donors (Lipinski definition) is 2. The van der Waals surface area contributed by atoms with E-state index < -0.39 is 11.9 Å². The van der Waals surface area contributed by atoms with Gasteiger partial charge in [-0.1, -0.05) is 23.4 Å². The van der Waals surface area contributed by atoms with E-state index in [2.05, 4.69) is 20.6 Å². The van der Waals surface area contributed by atoms with E-state index in [9.17, 15) is 4.79 Å². The molecule has 0 saturated carbocycles. The zero-order valence-corrected chi connectivity index (χ0v) is 10.2. The molecular weight excluding hydrogens is 244 g/mol. The SMILES string of the molecule is C[C@H](Nc1nc2ccccc2c2cnnn12)C(N)=O. The number of amides is 1. The lowest BCUT2D eigenvalue weighted by Crippen LogP contribution is -2.33. The van der Waals surface area contributed by atoms with Crippen molar-refractivity contribution in [3.8, 4) is 0 Å². The van der Waals surface area contributed by atoms with Gasteiger partial charge in [-0.05, 0) is 13.0 Å². The van der Waals surface area contributed by atoms with Crippen molar-refractivity contribution in [3.05, 3.63) is 30.5 Å². The second kappa shape index (κ2) is 4.20. The molecule has 3 aromatic rings. The molecule has 1 amide bonds. The number of primary amides is 1. The van der Waals surface area contributed by atoms with Crippen molar-refractivity contribution in [2.45, 2.75) is 13.0 Å². The molecule has 0 bridgehead atoms. The molecule has 96 valence electrons. The van der Waals surface area contributed by atoms with Gasteiger partial charge in [0.1, 0.15) is 6.04 Å². The van der Waals surface area contributed by atoms with E-state index in [4.69, 9.17) is 5.73 Å². The summed E-state index contributed by atoms with van der Waals surface area (Å²) in [5.74, 6) is -0.0132. The fourth-order valence-electron chi connectivity index (χ4n) is 1.88. The van der Waals surface area contributed by atoms with Gasteiger partial charge in [0.15, 0.2) is 0 Å². The van der Waals surface area contributed by atoms with Crippen LogP contribution in [0.4, 0.5) is 5.95 Å². The van der Waals surface area contributed by atoms with Crippen LogP contribution in [0.25, 0.3) is 16.4 Å². The van der Waals surface area contributed by atoms with Crippen LogP contribution in [0.2, 0.25) is 0 Å². The number of benzene rings is 1. The third-order valence-electron chi connectivity index (χ3n) is 2.93. The molecule has 7 heteroatoms. The summed E-state index contributed by atoms with van der Waals surface area (Å²) in [4.78, 5) is 15.6. The minimum atomic E-state index is -0.541. The van der Waals surface area contributed by atoms with Crippen LogP contribution in [0.5, 0.6) is 0 Å². The Bertz CT molecular complexity index is 765. The maximum absolute atomic E-state index is 11.1. The second-order valence-electron chi connectivity index (χ2n) is 4.25. The van der Waals surface area contributed by atoms with E-state index in [0.29, 0.717) is 5.95 Å². The Labute approximate surface area is 108 Å². The van der Waals surface area contributed by atoms with E-state index in [0.717, 1.165) is 16.4 Å². The van der Waals surface area contributed by atoms with Crippen molar-refractivity contribution >= 4 is 28.3 Å². The van der Waals surface area contributed by atoms with Crippen molar-refractivity contribution in [2.24, 2.45) is 5.73 Å². The Morgan fingerprint density at radius 2 is 2.21 bits per heavy atom. The molecule has 3 rings (SSSR count). The fourth-order valence-corrected chi connectivity index (χ4v) is 1.88. The first-order valence-corrected chi connectivity index (χ1v) is 5.82. The number of rotatable bonds is 3. The van der Waals surface area contributed by atoms with Crippen LogP contribution < -0.4 is 11.1 Å². The Kier molecular flexibility index (Phi) is 2.52. The number of fused-ring (bicyclic) bond motifs is 3. The number of anilines is 1. The van der Waals surface area contributed by atoms with Gasteiger partial charge in [-0.25, -0.2) is 4.98 Å². The van der Waals surface area contributed by atoms with E-state index in [1.807, 2.05) is 24.3 Å². The van der Waals surface area contributed by atoms with E-state index in [1.165, 1.54) is 0 Å². The monoisotopic (exact) mass is 256 g/mol. The normalized spacial score (nSPS) is 12.7. The van der Waals surface area contributed by atoms with Gasteiger partial charge in [-0.2, -0.15) is 4.52 Å². The molecule has 3 N–H and O–H groups in total. The molecule has 1 aromatic carbocycles. The summed E-state index contributed by atoms with van der Waals surface area (Å²) in [5, 5.41) is 11.7. The van der Waals surface area contributed by atoms with Gasteiger partial charge >= 0.3 is 0 Å². The third-order valence-corrected chi connectivity index (χ3v) is 2.93. The van der Waals surface area contributed by atoms with Gasteiger partial charge in [0, 0.05) is 5.39 Å². The van der Waals surface area contributed by atoms with Gasteiger partial charge in [-0.15, -0.1) is 5.10 Å². The van der Waals surface area contributed by atoms with Crippen LogP contribution in [0, 0.1) is 0 Å². The lowest BCUT2D eigenvalue weighted by atomic mass is 10.2. The van der Waals surface area contributed by atoms with E-state index in [1.54, 1.807) is 17.6 Å². The summed E-state index contributed by atoms with van der Waals surface area (Å²) in [6.45, 7) is 1.67. The first-order chi connectivity index (χ1) is 9.16. The molecule has 19 heavy (non-hydrogen) atoms. The number of para-hydroxylation sites is 1. The molecule has 7 nitrogen and oxygen atoms in total. The van der Waals surface area contributed by atoms with Crippen molar-refractivity contribution in [1.82, 2.24) is 19.8 Å².